The lowest BCUT2D eigenvalue weighted by molar-refractivity contribution is 0.0434. The molecular weight excluding hydrogens is 263 g/mol. The van der Waals surface area contributed by atoms with Crippen LogP contribution < -0.4 is 5.32 Å². The lowest BCUT2D eigenvalue weighted by Crippen LogP contribution is -2.55. The molecule has 3 heteroatoms. The van der Waals surface area contributed by atoms with Gasteiger partial charge in [0.1, 0.15) is 5.82 Å². The van der Waals surface area contributed by atoms with Crippen LogP contribution in [0.1, 0.15) is 51.1 Å². The van der Waals surface area contributed by atoms with Gasteiger partial charge in [-0.3, -0.25) is 0 Å². The topological polar surface area (TPSA) is 15.3 Å². The monoisotopic (exact) mass is 292 g/mol. The summed E-state index contributed by atoms with van der Waals surface area (Å²) in [6, 6.07) is 7.28. The van der Waals surface area contributed by atoms with Gasteiger partial charge in [0.25, 0.3) is 0 Å². The van der Waals surface area contributed by atoms with Crippen molar-refractivity contribution >= 4 is 0 Å². The van der Waals surface area contributed by atoms with Crippen molar-refractivity contribution in [3.63, 3.8) is 0 Å². The summed E-state index contributed by atoms with van der Waals surface area (Å²) in [6.07, 6.45) is 4.91. The SMILES string of the molecule is CCNC(c1ccc(F)cc1)C1(N(C)C)CCC(C)CC1. The third-order valence-electron chi connectivity index (χ3n) is 5.18. The summed E-state index contributed by atoms with van der Waals surface area (Å²) in [4.78, 5) is 2.38. The largest absolute Gasteiger partial charge is 0.309 e. The van der Waals surface area contributed by atoms with Gasteiger partial charge >= 0.3 is 0 Å². The van der Waals surface area contributed by atoms with E-state index in [1.54, 1.807) is 12.1 Å². The standard InChI is InChI=1S/C18H29FN2/c1-5-20-17(15-6-8-16(19)9-7-15)18(21(3)4)12-10-14(2)11-13-18/h6-9,14,17,20H,5,10-13H2,1-4H3. The zero-order valence-electron chi connectivity index (χ0n) is 13.8. The quantitative estimate of drug-likeness (QED) is 0.883. The molecule has 0 aliphatic heterocycles. The summed E-state index contributed by atoms with van der Waals surface area (Å²) < 4.78 is 13.3. The van der Waals surface area contributed by atoms with Gasteiger partial charge in [-0.2, -0.15) is 0 Å². The van der Waals surface area contributed by atoms with Gasteiger partial charge in [0.2, 0.25) is 0 Å². The van der Waals surface area contributed by atoms with Gasteiger partial charge in [0.15, 0.2) is 0 Å². The van der Waals surface area contributed by atoms with Crippen molar-refractivity contribution in [3.05, 3.63) is 35.6 Å². The van der Waals surface area contributed by atoms with Gasteiger partial charge in [-0.15, -0.1) is 0 Å². The summed E-state index contributed by atoms with van der Waals surface area (Å²) in [5.41, 5.74) is 1.32. The minimum Gasteiger partial charge on any atom is -0.309 e. The van der Waals surface area contributed by atoms with Crippen molar-refractivity contribution in [1.29, 1.82) is 0 Å². The van der Waals surface area contributed by atoms with E-state index in [1.165, 1.54) is 31.2 Å². The van der Waals surface area contributed by atoms with Gasteiger partial charge in [-0.1, -0.05) is 26.0 Å². The molecule has 0 spiro atoms. The van der Waals surface area contributed by atoms with Crippen molar-refractivity contribution in [1.82, 2.24) is 10.2 Å². The molecular formula is C18H29FN2. The van der Waals surface area contributed by atoms with E-state index in [0.717, 1.165) is 12.5 Å². The van der Waals surface area contributed by atoms with Gasteiger partial charge in [-0.05, 0) is 69.9 Å². The Morgan fingerprint density at radius 2 is 1.81 bits per heavy atom. The van der Waals surface area contributed by atoms with Crippen LogP contribution in [0.4, 0.5) is 4.39 Å². The Bertz CT molecular complexity index is 433. The Balaban J connectivity index is 2.35. The molecule has 2 nitrogen and oxygen atoms in total. The average molecular weight is 292 g/mol. The van der Waals surface area contributed by atoms with Crippen molar-refractivity contribution in [3.8, 4) is 0 Å². The van der Waals surface area contributed by atoms with Gasteiger partial charge in [-0.25, -0.2) is 4.39 Å². The summed E-state index contributed by atoms with van der Waals surface area (Å²) in [5, 5.41) is 3.66. The van der Waals surface area contributed by atoms with Crippen LogP contribution in [0.5, 0.6) is 0 Å². The fraction of sp³-hybridized carbons (Fsp3) is 0.667. The van der Waals surface area contributed by atoms with Crippen molar-refractivity contribution < 1.29 is 4.39 Å². The van der Waals surface area contributed by atoms with Crippen LogP contribution >= 0.6 is 0 Å². The summed E-state index contributed by atoms with van der Waals surface area (Å²) in [5.74, 6) is 0.652. The molecule has 0 aromatic heterocycles. The van der Waals surface area contributed by atoms with Gasteiger partial charge in [0, 0.05) is 5.54 Å². The Morgan fingerprint density at radius 3 is 2.29 bits per heavy atom. The van der Waals surface area contributed by atoms with E-state index in [4.69, 9.17) is 0 Å². The number of nitrogens with one attached hydrogen (secondary N) is 1. The van der Waals surface area contributed by atoms with Crippen LogP contribution in [-0.2, 0) is 0 Å². The highest BCUT2D eigenvalue weighted by atomic mass is 19.1. The van der Waals surface area contributed by atoms with E-state index in [2.05, 4.69) is 38.2 Å². The molecule has 1 saturated carbocycles. The van der Waals surface area contributed by atoms with Crippen LogP contribution in [0.25, 0.3) is 0 Å². The number of benzene rings is 1. The lowest BCUT2D eigenvalue weighted by Gasteiger charge is -2.50. The molecule has 1 aromatic rings. The second-order valence-corrected chi connectivity index (χ2v) is 6.72. The summed E-state index contributed by atoms with van der Waals surface area (Å²) in [6.45, 7) is 5.41. The Hall–Kier alpha value is -0.930. The zero-order valence-corrected chi connectivity index (χ0v) is 13.8. The molecule has 118 valence electrons. The van der Waals surface area contributed by atoms with Crippen LogP contribution in [-0.4, -0.2) is 31.1 Å². The van der Waals surface area contributed by atoms with Crippen molar-refractivity contribution in [2.24, 2.45) is 5.92 Å². The zero-order chi connectivity index (χ0) is 15.5. The first-order chi connectivity index (χ1) is 9.99. The molecule has 0 saturated heterocycles. The Morgan fingerprint density at radius 1 is 1.24 bits per heavy atom. The molecule has 1 aromatic carbocycles. The molecule has 1 fully saturated rings. The first-order valence-electron chi connectivity index (χ1n) is 8.16. The summed E-state index contributed by atoms with van der Waals surface area (Å²) in [7, 11) is 4.37. The smallest absolute Gasteiger partial charge is 0.123 e. The molecule has 1 unspecified atom stereocenters. The minimum atomic E-state index is -0.162. The maximum absolute atomic E-state index is 13.3. The van der Waals surface area contributed by atoms with E-state index in [-0.39, 0.29) is 17.4 Å². The Kier molecular flexibility index (Phi) is 5.39. The normalized spacial score (nSPS) is 27.8. The molecule has 1 N–H and O–H groups in total. The van der Waals surface area contributed by atoms with E-state index < -0.39 is 0 Å². The van der Waals surface area contributed by atoms with Crippen LogP contribution in [0.15, 0.2) is 24.3 Å². The van der Waals surface area contributed by atoms with Crippen LogP contribution in [0.3, 0.4) is 0 Å². The molecule has 1 atom stereocenters. The number of halogens is 1. The van der Waals surface area contributed by atoms with Crippen molar-refractivity contribution in [2.75, 3.05) is 20.6 Å². The third-order valence-corrected chi connectivity index (χ3v) is 5.18. The third kappa shape index (κ3) is 3.46. The maximum Gasteiger partial charge on any atom is 0.123 e. The lowest BCUT2D eigenvalue weighted by atomic mass is 9.70. The fourth-order valence-corrected chi connectivity index (χ4v) is 3.73. The molecule has 21 heavy (non-hydrogen) atoms. The van der Waals surface area contributed by atoms with Gasteiger partial charge < -0.3 is 10.2 Å². The highest BCUT2D eigenvalue weighted by Crippen LogP contribution is 2.43. The second-order valence-electron chi connectivity index (χ2n) is 6.72. The molecule has 1 aliphatic rings. The average Bonchev–Trinajstić information content (AvgIpc) is 2.47. The van der Waals surface area contributed by atoms with Crippen molar-refractivity contribution in [2.45, 2.75) is 51.1 Å². The number of nitrogens with zero attached hydrogens (tertiary/aromatic N) is 1. The highest BCUT2D eigenvalue weighted by Gasteiger charge is 2.43. The maximum atomic E-state index is 13.3. The minimum absolute atomic E-state index is 0.125. The second kappa shape index (κ2) is 6.89. The van der Waals surface area contributed by atoms with E-state index in [0.29, 0.717) is 0 Å². The van der Waals surface area contributed by atoms with Crippen LogP contribution in [0, 0.1) is 11.7 Å². The summed E-state index contributed by atoms with van der Waals surface area (Å²) >= 11 is 0. The molecule has 0 bridgehead atoms. The fourth-order valence-electron chi connectivity index (χ4n) is 3.73. The first-order valence-corrected chi connectivity index (χ1v) is 8.16. The first kappa shape index (κ1) is 16.4. The predicted molar refractivity (Wildman–Crippen MR) is 86.9 cm³/mol. The van der Waals surface area contributed by atoms with Crippen LogP contribution in [0.2, 0.25) is 0 Å². The Labute approximate surface area is 128 Å². The van der Waals surface area contributed by atoms with Gasteiger partial charge in [0.05, 0.1) is 6.04 Å². The number of likely N-dealkylation sites (N-methyl/N-ethyl adjacent to an activating group) is 2. The predicted octanol–water partition coefficient (Wildman–Crippen LogP) is 3.99. The van der Waals surface area contributed by atoms with E-state index >= 15 is 0 Å². The number of hydrogen-bond acceptors (Lipinski definition) is 2. The molecule has 1 aliphatic carbocycles. The molecule has 0 heterocycles. The highest BCUT2D eigenvalue weighted by molar-refractivity contribution is 5.25. The molecule has 0 radical (unpaired) electrons. The van der Waals surface area contributed by atoms with E-state index in [1.807, 2.05) is 12.1 Å². The molecule has 0 amide bonds. The number of rotatable bonds is 5. The molecule has 2 rings (SSSR count). The number of hydrogen-bond donors (Lipinski definition) is 1. The van der Waals surface area contributed by atoms with E-state index in [9.17, 15) is 4.39 Å².